The summed E-state index contributed by atoms with van der Waals surface area (Å²) < 4.78 is 0. The lowest BCUT2D eigenvalue weighted by atomic mass is 9.54. The molecule has 0 spiro atoms. The Labute approximate surface area is 258 Å². The fourth-order valence-electron chi connectivity index (χ4n) is 9.44. The second kappa shape index (κ2) is 16.9. The van der Waals surface area contributed by atoms with Crippen molar-refractivity contribution in [2.24, 2.45) is 46.8 Å². The van der Waals surface area contributed by atoms with Crippen LogP contribution >= 0.6 is 0 Å². The van der Waals surface area contributed by atoms with E-state index in [-0.39, 0.29) is 17.2 Å². The predicted molar refractivity (Wildman–Crippen MR) is 174 cm³/mol. The van der Waals surface area contributed by atoms with Gasteiger partial charge >= 0.3 is 0 Å². The van der Waals surface area contributed by atoms with E-state index in [1.165, 1.54) is 90.1 Å². The van der Waals surface area contributed by atoms with Gasteiger partial charge in [-0.15, -0.1) is 0 Å². The van der Waals surface area contributed by atoms with Gasteiger partial charge in [0.1, 0.15) is 5.78 Å². The van der Waals surface area contributed by atoms with Gasteiger partial charge in [-0.1, -0.05) is 27.2 Å². The van der Waals surface area contributed by atoms with Gasteiger partial charge in [0.05, 0.1) is 0 Å². The molecule has 0 aromatic rings. The van der Waals surface area contributed by atoms with Gasteiger partial charge in [-0.25, -0.2) is 0 Å². The molecule has 4 fully saturated rings. The fraction of sp³-hybridized carbons (Fsp3) is 0.944. The molecule has 0 radical (unpaired) electrons. The monoisotopic (exact) mass is 587 g/mol. The van der Waals surface area contributed by atoms with Crippen molar-refractivity contribution in [1.29, 1.82) is 0 Å². The number of ketones is 1. The smallest absolute Gasteiger partial charge is 0.219 e. The highest BCUT2D eigenvalue weighted by molar-refractivity contribution is 5.82. The summed E-state index contributed by atoms with van der Waals surface area (Å²) in [5, 5.41) is 13.9. The van der Waals surface area contributed by atoms with Crippen LogP contribution in [0.5, 0.6) is 0 Å². The van der Waals surface area contributed by atoms with Crippen molar-refractivity contribution in [3.8, 4) is 0 Å². The average Bonchev–Trinajstić information content (AvgIpc) is 3.73. The SMILES string of the molecule is CNC(=O)CC[C@@H](C)[C@H]1CCC2C3C(=O)CC(C)C[C@@H](NCCCNCCCCNCC4CC4)CCCC3CC[C@@]21C. The minimum absolute atomic E-state index is 0.157. The number of Topliss-reactive ketones (excluding diaryl/α,β-unsaturated/α-hetero) is 1. The molecule has 42 heavy (non-hydrogen) atoms. The maximum Gasteiger partial charge on any atom is 0.219 e. The van der Waals surface area contributed by atoms with Gasteiger partial charge in [0.25, 0.3) is 0 Å². The Bertz CT molecular complexity index is 831. The standard InChI is InChI=1S/C36H66N4O2/c1-26-23-30(40-22-8-21-38-19-5-6-20-39-25-28-12-13-28)10-7-9-29-17-18-36(3)31(27(2)11-16-34(42)37-4)14-15-32(36)35(29)33(41)24-26/h26-32,35,38-40H,5-25H2,1-4H3,(H,37,42)/t26?,27-,29?,30+,31-,32?,35?,36-/m1/s1. The second-order valence-corrected chi connectivity index (χ2v) is 15.4. The van der Waals surface area contributed by atoms with E-state index in [2.05, 4.69) is 42.0 Å². The van der Waals surface area contributed by atoms with Crippen LogP contribution in [0, 0.1) is 46.8 Å². The van der Waals surface area contributed by atoms with Crippen molar-refractivity contribution in [1.82, 2.24) is 21.3 Å². The zero-order valence-electron chi connectivity index (χ0n) is 27.8. The summed E-state index contributed by atoms with van der Waals surface area (Å²) in [5.41, 5.74) is 0.261. The minimum atomic E-state index is 0.157. The van der Waals surface area contributed by atoms with Crippen molar-refractivity contribution in [2.45, 2.75) is 130 Å². The summed E-state index contributed by atoms with van der Waals surface area (Å²) in [4.78, 5) is 25.9. The summed E-state index contributed by atoms with van der Waals surface area (Å²) in [6, 6.07) is 0.549. The molecule has 4 saturated carbocycles. The number of rotatable bonds is 16. The molecule has 4 rings (SSSR count). The zero-order valence-corrected chi connectivity index (χ0v) is 27.8. The van der Waals surface area contributed by atoms with E-state index < -0.39 is 0 Å². The third kappa shape index (κ3) is 9.76. The quantitative estimate of drug-likeness (QED) is 0.165. The third-order valence-corrected chi connectivity index (χ3v) is 12.1. The molecule has 6 heteroatoms. The van der Waals surface area contributed by atoms with Gasteiger partial charge in [0, 0.05) is 31.8 Å². The molecule has 0 aromatic heterocycles. The van der Waals surface area contributed by atoms with E-state index in [9.17, 15) is 9.59 Å². The number of fused-ring (bicyclic) bond motifs is 3. The molecule has 6 nitrogen and oxygen atoms in total. The van der Waals surface area contributed by atoms with Crippen LogP contribution in [0.25, 0.3) is 0 Å². The van der Waals surface area contributed by atoms with Crippen LogP contribution in [0.4, 0.5) is 0 Å². The van der Waals surface area contributed by atoms with Gasteiger partial charge in [0.15, 0.2) is 0 Å². The molecule has 1 amide bonds. The molecule has 4 aliphatic carbocycles. The molecule has 242 valence electrons. The Morgan fingerprint density at radius 2 is 1.71 bits per heavy atom. The first-order valence-corrected chi connectivity index (χ1v) is 18.2. The predicted octanol–water partition coefficient (Wildman–Crippen LogP) is 6.09. The zero-order chi connectivity index (χ0) is 30.0. The molecular weight excluding hydrogens is 520 g/mol. The third-order valence-electron chi connectivity index (χ3n) is 12.1. The fourth-order valence-corrected chi connectivity index (χ4v) is 9.44. The largest absolute Gasteiger partial charge is 0.359 e. The van der Waals surface area contributed by atoms with Crippen molar-refractivity contribution < 1.29 is 9.59 Å². The molecule has 0 saturated heterocycles. The Hall–Kier alpha value is -0.980. The number of carbonyl (C=O) groups is 2. The van der Waals surface area contributed by atoms with Gasteiger partial charge in [-0.3, -0.25) is 9.59 Å². The summed E-state index contributed by atoms with van der Waals surface area (Å²) >= 11 is 0. The summed E-state index contributed by atoms with van der Waals surface area (Å²) in [7, 11) is 1.74. The van der Waals surface area contributed by atoms with Crippen LogP contribution in [0.15, 0.2) is 0 Å². The van der Waals surface area contributed by atoms with Crippen molar-refractivity contribution >= 4 is 11.7 Å². The van der Waals surface area contributed by atoms with Crippen LogP contribution < -0.4 is 21.3 Å². The van der Waals surface area contributed by atoms with Crippen molar-refractivity contribution in [3.05, 3.63) is 0 Å². The second-order valence-electron chi connectivity index (χ2n) is 15.4. The van der Waals surface area contributed by atoms with Crippen LogP contribution in [-0.4, -0.2) is 57.5 Å². The highest BCUT2D eigenvalue weighted by Crippen LogP contribution is 2.62. The van der Waals surface area contributed by atoms with Gasteiger partial charge < -0.3 is 21.3 Å². The van der Waals surface area contributed by atoms with E-state index >= 15 is 0 Å². The normalized spacial score (nSPS) is 34.4. The van der Waals surface area contributed by atoms with E-state index in [4.69, 9.17) is 0 Å². The Balaban J connectivity index is 1.18. The molecule has 4 aliphatic rings. The first-order valence-electron chi connectivity index (χ1n) is 18.2. The van der Waals surface area contributed by atoms with Crippen LogP contribution in [0.3, 0.4) is 0 Å². The first kappa shape index (κ1) is 33.9. The Morgan fingerprint density at radius 1 is 0.952 bits per heavy atom. The lowest BCUT2D eigenvalue weighted by Gasteiger charge is -2.50. The number of carbonyl (C=O) groups excluding carboxylic acids is 2. The van der Waals surface area contributed by atoms with Crippen LogP contribution in [-0.2, 0) is 9.59 Å². The van der Waals surface area contributed by atoms with E-state index in [1.54, 1.807) is 7.05 Å². The highest BCUT2D eigenvalue weighted by atomic mass is 16.1. The number of hydrogen-bond donors (Lipinski definition) is 4. The number of hydrogen-bond acceptors (Lipinski definition) is 5. The molecule has 0 bridgehead atoms. The first-order chi connectivity index (χ1) is 20.3. The maximum atomic E-state index is 14.0. The van der Waals surface area contributed by atoms with Crippen molar-refractivity contribution in [3.63, 3.8) is 0 Å². The highest BCUT2D eigenvalue weighted by Gasteiger charge is 2.56. The van der Waals surface area contributed by atoms with Gasteiger partial charge in [0.2, 0.25) is 5.91 Å². The minimum Gasteiger partial charge on any atom is -0.359 e. The Morgan fingerprint density at radius 3 is 2.48 bits per heavy atom. The maximum absolute atomic E-state index is 14.0. The van der Waals surface area contributed by atoms with E-state index in [1.807, 2.05) is 0 Å². The topological polar surface area (TPSA) is 82.3 Å². The van der Waals surface area contributed by atoms with Gasteiger partial charge in [-0.05, 0) is 157 Å². The molecule has 4 unspecified atom stereocenters. The van der Waals surface area contributed by atoms with Gasteiger partial charge in [-0.2, -0.15) is 0 Å². The average molecular weight is 587 g/mol. The number of unbranched alkanes of at least 4 members (excludes halogenated alkanes) is 1. The molecule has 8 atom stereocenters. The molecule has 4 N–H and O–H groups in total. The molecule has 0 aromatic carbocycles. The van der Waals surface area contributed by atoms with Crippen LogP contribution in [0.2, 0.25) is 0 Å². The molecule has 0 heterocycles. The summed E-state index contributed by atoms with van der Waals surface area (Å²) in [5.74, 6) is 4.75. The van der Waals surface area contributed by atoms with E-state index in [0.29, 0.717) is 47.8 Å². The van der Waals surface area contributed by atoms with Crippen LogP contribution in [0.1, 0.15) is 124 Å². The lowest BCUT2D eigenvalue weighted by Crippen LogP contribution is -2.46. The summed E-state index contributed by atoms with van der Waals surface area (Å²) in [6.45, 7) is 12.9. The van der Waals surface area contributed by atoms with Crippen molar-refractivity contribution in [2.75, 3.05) is 39.8 Å². The number of amides is 1. The summed E-state index contributed by atoms with van der Waals surface area (Å²) in [6.07, 6.45) is 18.7. The molecular formula is C36H66N4O2. The lowest BCUT2D eigenvalue weighted by molar-refractivity contribution is -0.133. The molecule has 0 aliphatic heterocycles. The van der Waals surface area contributed by atoms with E-state index in [0.717, 1.165) is 44.8 Å². The number of nitrogens with one attached hydrogen (secondary N) is 4. The Kier molecular flexibility index (Phi) is 13.7.